The van der Waals surface area contributed by atoms with Gasteiger partial charge < -0.3 is 10.5 Å². The molecule has 0 aliphatic rings. The van der Waals surface area contributed by atoms with Crippen molar-refractivity contribution >= 4 is 11.3 Å². The maximum absolute atomic E-state index is 6.22. The Hall–Kier alpha value is -1.33. The van der Waals surface area contributed by atoms with E-state index in [4.69, 9.17) is 10.5 Å². The highest BCUT2D eigenvalue weighted by atomic mass is 32.1. The van der Waals surface area contributed by atoms with Gasteiger partial charge in [0.1, 0.15) is 5.69 Å². The molecule has 0 aliphatic heterocycles. The van der Waals surface area contributed by atoms with Crippen LogP contribution in [0.2, 0.25) is 0 Å². The fourth-order valence-corrected chi connectivity index (χ4v) is 2.41. The molecule has 0 aromatic carbocycles. The van der Waals surface area contributed by atoms with Gasteiger partial charge in [0.2, 0.25) is 0 Å². The molecule has 1 unspecified atom stereocenters. The third-order valence-corrected chi connectivity index (χ3v) is 3.26. The Kier molecular flexibility index (Phi) is 3.26. The van der Waals surface area contributed by atoms with Gasteiger partial charge in [-0.25, -0.2) is 0 Å². The maximum atomic E-state index is 6.22. The lowest BCUT2D eigenvalue weighted by Crippen LogP contribution is -2.17. The average molecular weight is 237 g/mol. The van der Waals surface area contributed by atoms with Crippen LogP contribution < -0.4 is 10.5 Å². The summed E-state index contributed by atoms with van der Waals surface area (Å²) in [6, 6.07) is 1.85. The van der Waals surface area contributed by atoms with Gasteiger partial charge in [-0.15, -0.1) is 0 Å². The molecule has 0 amide bonds. The minimum absolute atomic E-state index is 0.177. The molecular weight excluding hydrogens is 222 g/mol. The largest absolute Gasteiger partial charge is 0.493 e. The molecule has 0 radical (unpaired) electrons. The average Bonchev–Trinajstić information content (AvgIpc) is 2.96. The number of nitrogens with zero attached hydrogens (tertiary/aromatic N) is 2. The Morgan fingerprint density at radius 2 is 2.44 bits per heavy atom. The summed E-state index contributed by atoms with van der Waals surface area (Å²) in [5.41, 5.74) is 8.25. The quantitative estimate of drug-likeness (QED) is 0.885. The zero-order chi connectivity index (χ0) is 11.5. The first-order chi connectivity index (χ1) is 7.77. The van der Waals surface area contributed by atoms with E-state index < -0.39 is 0 Å². The van der Waals surface area contributed by atoms with Crippen molar-refractivity contribution in [3.05, 3.63) is 34.3 Å². The number of nitrogens with two attached hydrogens (primary N) is 1. The highest BCUT2D eigenvalue weighted by Gasteiger charge is 2.19. The third-order valence-electron chi connectivity index (χ3n) is 2.56. The summed E-state index contributed by atoms with van der Waals surface area (Å²) >= 11 is 1.64. The molecule has 2 heterocycles. The monoisotopic (exact) mass is 237 g/mol. The predicted octanol–water partition coefficient (Wildman–Crippen LogP) is 2.02. The number of thiophene rings is 1. The second-order valence-corrected chi connectivity index (χ2v) is 4.23. The molecule has 86 valence electrons. The van der Waals surface area contributed by atoms with Gasteiger partial charge in [-0.3, -0.25) is 4.68 Å². The van der Waals surface area contributed by atoms with Crippen LogP contribution in [0.5, 0.6) is 5.75 Å². The van der Waals surface area contributed by atoms with Crippen molar-refractivity contribution in [2.45, 2.75) is 19.5 Å². The van der Waals surface area contributed by atoms with Crippen LogP contribution >= 0.6 is 11.3 Å². The Morgan fingerprint density at radius 3 is 3.00 bits per heavy atom. The fourth-order valence-electron chi connectivity index (χ4n) is 1.71. The fraction of sp³-hybridized carbons (Fsp3) is 0.364. The van der Waals surface area contributed by atoms with Gasteiger partial charge in [-0.1, -0.05) is 0 Å². The van der Waals surface area contributed by atoms with E-state index in [1.54, 1.807) is 24.6 Å². The highest BCUT2D eigenvalue weighted by Crippen LogP contribution is 2.29. The Labute approximate surface area is 98.6 Å². The van der Waals surface area contributed by atoms with E-state index >= 15 is 0 Å². The second kappa shape index (κ2) is 4.67. The number of aryl methyl sites for hydroxylation is 1. The zero-order valence-corrected chi connectivity index (χ0v) is 10.2. The molecule has 2 N–H and O–H groups in total. The predicted molar refractivity (Wildman–Crippen MR) is 64.8 cm³/mol. The molecule has 0 aliphatic carbocycles. The molecule has 2 rings (SSSR count). The molecule has 2 aromatic rings. The van der Waals surface area contributed by atoms with Gasteiger partial charge in [0.05, 0.1) is 19.3 Å². The van der Waals surface area contributed by atoms with Crippen molar-refractivity contribution in [2.75, 3.05) is 7.11 Å². The van der Waals surface area contributed by atoms with Crippen molar-refractivity contribution in [1.82, 2.24) is 9.78 Å². The molecule has 0 bridgehead atoms. The number of hydrogen-bond donors (Lipinski definition) is 1. The van der Waals surface area contributed by atoms with Crippen LogP contribution in [0.25, 0.3) is 0 Å². The SMILES string of the molecule is CCn1ncc(OC)c1C(N)c1ccsc1. The maximum Gasteiger partial charge on any atom is 0.161 e. The van der Waals surface area contributed by atoms with E-state index in [-0.39, 0.29) is 6.04 Å². The van der Waals surface area contributed by atoms with Crippen molar-refractivity contribution in [3.8, 4) is 5.75 Å². The van der Waals surface area contributed by atoms with Crippen LogP contribution in [0.3, 0.4) is 0 Å². The zero-order valence-electron chi connectivity index (χ0n) is 9.38. The first-order valence-electron chi connectivity index (χ1n) is 5.15. The normalized spacial score (nSPS) is 12.7. The lowest BCUT2D eigenvalue weighted by molar-refractivity contribution is 0.404. The van der Waals surface area contributed by atoms with E-state index in [9.17, 15) is 0 Å². The minimum Gasteiger partial charge on any atom is -0.493 e. The molecule has 1 atom stereocenters. The smallest absolute Gasteiger partial charge is 0.161 e. The Bertz CT molecular complexity index is 428. The summed E-state index contributed by atoms with van der Waals surface area (Å²) in [5, 5.41) is 8.33. The van der Waals surface area contributed by atoms with Crippen LogP contribution in [0.15, 0.2) is 23.0 Å². The molecular formula is C11H15N3OS. The van der Waals surface area contributed by atoms with E-state index in [2.05, 4.69) is 10.5 Å². The number of rotatable bonds is 4. The molecule has 0 fully saturated rings. The van der Waals surface area contributed by atoms with E-state index in [0.29, 0.717) is 0 Å². The topological polar surface area (TPSA) is 53.1 Å². The van der Waals surface area contributed by atoms with E-state index in [0.717, 1.165) is 23.6 Å². The molecule has 2 aromatic heterocycles. The standard InChI is InChI=1S/C11H15N3OS/c1-3-14-11(9(15-2)6-13-14)10(12)8-4-5-16-7-8/h4-7,10H,3,12H2,1-2H3. The Morgan fingerprint density at radius 1 is 1.62 bits per heavy atom. The number of aromatic nitrogens is 2. The molecule has 0 spiro atoms. The Balaban J connectivity index is 2.41. The number of ether oxygens (including phenoxy) is 1. The van der Waals surface area contributed by atoms with Crippen molar-refractivity contribution in [3.63, 3.8) is 0 Å². The second-order valence-electron chi connectivity index (χ2n) is 3.45. The number of methoxy groups -OCH3 is 1. The summed E-state index contributed by atoms with van der Waals surface area (Å²) in [7, 11) is 1.64. The van der Waals surface area contributed by atoms with Gasteiger partial charge in [-0.05, 0) is 29.3 Å². The van der Waals surface area contributed by atoms with Gasteiger partial charge >= 0.3 is 0 Å². The van der Waals surface area contributed by atoms with Gasteiger partial charge in [-0.2, -0.15) is 16.4 Å². The van der Waals surface area contributed by atoms with Gasteiger partial charge in [0, 0.05) is 6.54 Å². The third kappa shape index (κ3) is 1.83. The van der Waals surface area contributed by atoms with E-state index in [1.807, 2.05) is 23.1 Å². The molecule has 5 heteroatoms. The lowest BCUT2D eigenvalue weighted by Gasteiger charge is -2.13. The summed E-state index contributed by atoms with van der Waals surface area (Å²) < 4.78 is 7.16. The van der Waals surface area contributed by atoms with Gasteiger partial charge in [0.15, 0.2) is 5.75 Å². The van der Waals surface area contributed by atoms with Crippen molar-refractivity contribution in [1.29, 1.82) is 0 Å². The lowest BCUT2D eigenvalue weighted by atomic mass is 10.1. The van der Waals surface area contributed by atoms with Crippen LogP contribution in [0.4, 0.5) is 0 Å². The van der Waals surface area contributed by atoms with Gasteiger partial charge in [0.25, 0.3) is 0 Å². The molecule has 0 saturated carbocycles. The van der Waals surface area contributed by atoms with Crippen LogP contribution in [-0.4, -0.2) is 16.9 Å². The van der Waals surface area contributed by atoms with Crippen LogP contribution in [0.1, 0.15) is 24.2 Å². The number of hydrogen-bond acceptors (Lipinski definition) is 4. The van der Waals surface area contributed by atoms with E-state index in [1.165, 1.54) is 0 Å². The first-order valence-corrected chi connectivity index (χ1v) is 6.09. The highest BCUT2D eigenvalue weighted by molar-refractivity contribution is 7.08. The molecule has 0 saturated heterocycles. The summed E-state index contributed by atoms with van der Waals surface area (Å²) in [4.78, 5) is 0. The first kappa shape index (κ1) is 11.2. The molecule has 4 nitrogen and oxygen atoms in total. The summed E-state index contributed by atoms with van der Waals surface area (Å²) in [6.45, 7) is 2.83. The summed E-state index contributed by atoms with van der Waals surface area (Å²) in [6.07, 6.45) is 1.71. The van der Waals surface area contributed by atoms with Crippen molar-refractivity contribution < 1.29 is 4.74 Å². The van der Waals surface area contributed by atoms with Crippen LogP contribution in [0, 0.1) is 0 Å². The van der Waals surface area contributed by atoms with Crippen molar-refractivity contribution in [2.24, 2.45) is 5.73 Å². The minimum atomic E-state index is -0.177. The molecule has 16 heavy (non-hydrogen) atoms. The summed E-state index contributed by atoms with van der Waals surface area (Å²) in [5.74, 6) is 0.751. The van der Waals surface area contributed by atoms with Crippen LogP contribution in [-0.2, 0) is 6.54 Å².